The lowest BCUT2D eigenvalue weighted by Crippen LogP contribution is -2.22. The Kier molecular flexibility index (Phi) is 8.05. The highest BCUT2D eigenvalue weighted by Gasteiger charge is 2.23. The topological polar surface area (TPSA) is 117 Å². The number of phenols is 1. The second-order valence-corrected chi connectivity index (χ2v) is 7.00. The second-order valence-electron chi connectivity index (χ2n) is 6.08. The van der Waals surface area contributed by atoms with Crippen molar-refractivity contribution in [1.82, 2.24) is 5.48 Å². The third-order valence-corrected chi connectivity index (χ3v) is 4.52. The largest absolute Gasteiger partial charge is 0.504 e. The Balaban J connectivity index is 2.24. The molecular formula is C20H21BrN2O6. The Bertz CT molecular complexity index is 885. The molecule has 0 saturated carbocycles. The summed E-state index contributed by atoms with van der Waals surface area (Å²) in [6, 6.07) is 11.6. The maximum absolute atomic E-state index is 12.4. The molecule has 0 unspecified atom stereocenters. The number of hydrogen-bond donors (Lipinski definition) is 4. The highest BCUT2D eigenvalue weighted by molar-refractivity contribution is 9.10. The number of ether oxygens (including phenoxy) is 2. The summed E-state index contributed by atoms with van der Waals surface area (Å²) in [5.74, 6) is -1.02. The molecule has 154 valence electrons. The molecule has 2 rings (SSSR count). The molecule has 8 nitrogen and oxygen atoms in total. The van der Waals surface area contributed by atoms with Crippen LogP contribution in [-0.4, -0.2) is 29.4 Å². The smallest absolute Gasteiger partial charge is 0.412 e. The van der Waals surface area contributed by atoms with Crippen molar-refractivity contribution in [3.63, 3.8) is 0 Å². The molecule has 0 aliphatic rings. The molecule has 0 aliphatic carbocycles. The number of aromatic hydroxyl groups is 1. The van der Waals surface area contributed by atoms with E-state index in [1.54, 1.807) is 43.3 Å². The first-order valence-electron chi connectivity index (χ1n) is 8.56. The van der Waals surface area contributed by atoms with E-state index in [2.05, 4.69) is 21.2 Å². The van der Waals surface area contributed by atoms with Gasteiger partial charge < -0.3 is 14.6 Å². The highest BCUT2D eigenvalue weighted by atomic mass is 79.9. The minimum absolute atomic E-state index is 0.115. The molecule has 4 N–H and O–H groups in total. The Hall–Kier alpha value is -3.04. The van der Waals surface area contributed by atoms with Gasteiger partial charge in [-0.15, -0.1) is 0 Å². The van der Waals surface area contributed by atoms with Crippen LogP contribution in [0, 0.1) is 5.92 Å². The van der Waals surface area contributed by atoms with Gasteiger partial charge in [-0.2, -0.15) is 0 Å². The van der Waals surface area contributed by atoms with Crippen LogP contribution < -0.4 is 15.5 Å². The normalized spacial score (nSPS) is 12.8. The predicted molar refractivity (Wildman–Crippen MR) is 110 cm³/mol. The first-order chi connectivity index (χ1) is 13.8. The zero-order chi connectivity index (χ0) is 21.4. The molecule has 2 aromatic rings. The van der Waals surface area contributed by atoms with Gasteiger partial charge in [0.2, 0.25) is 0 Å². The van der Waals surface area contributed by atoms with Crippen LogP contribution in [0.1, 0.15) is 18.6 Å². The fraction of sp³-hybridized carbons (Fsp3) is 0.200. The fourth-order valence-electron chi connectivity index (χ4n) is 2.54. The van der Waals surface area contributed by atoms with Crippen molar-refractivity contribution in [3.05, 3.63) is 64.7 Å². The number of nitrogens with one attached hydrogen (secondary N) is 2. The number of phenolic OH excluding ortho intramolecular Hbond substituents is 1. The van der Waals surface area contributed by atoms with Gasteiger partial charge in [-0.05, 0) is 42.0 Å². The number of methoxy groups -OCH3 is 1. The Morgan fingerprint density at radius 2 is 1.86 bits per heavy atom. The quantitative estimate of drug-likeness (QED) is 0.277. The Morgan fingerprint density at radius 3 is 2.45 bits per heavy atom. The molecule has 29 heavy (non-hydrogen) atoms. The molecule has 2 atom stereocenters. The number of hydroxylamine groups is 1. The van der Waals surface area contributed by atoms with Gasteiger partial charge in [0.1, 0.15) is 6.10 Å². The molecule has 0 saturated heterocycles. The summed E-state index contributed by atoms with van der Waals surface area (Å²) in [6.07, 6.45) is 1.06. The van der Waals surface area contributed by atoms with Crippen molar-refractivity contribution in [2.24, 2.45) is 5.92 Å². The summed E-state index contributed by atoms with van der Waals surface area (Å²) in [5.41, 5.74) is 2.53. The first-order valence-corrected chi connectivity index (χ1v) is 9.35. The van der Waals surface area contributed by atoms with Crippen LogP contribution in [-0.2, 0) is 9.53 Å². The average Bonchev–Trinajstić information content (AvgIpc) is 2.71. The molecule has 0 aromatic heterocycles. The molecule has 0 bridgehead atoms. The third kappa shape index (κ3) is 6.51. The summed E-state index contributed by atoms with van der Waals surface area (Å²) in [4.78, 5) is 23.7. The van der Waals surface area contributed by atoms with E-state index >= 15 is 0 Å². The zero-order valence-corrected chi connectivity index (χ0v) is 17.3. The molecule has 0 heterocycles. The minimum atomic E-state index is -0.829. The zero-order valence-electron chi connectivity index (χ0n) is 15.8. The van der Waals surface area contributed by atoms with Gasteiger partial charge in [-0.3, -0.25) is 15.3 Å². The van der Waals surface area contributed by atoms with Crippen LogP contribution in [0.5, 0.6) is 11.5 Å². The summed E-state index contributed by atoms with van der Waals surface area (Å²) in [6.45, 7) is 1.72. The van der Waals surface area contributed by atoms with E-state index in [0.29, 0.717) is 11.3 Å². The number of halogens is 1. The van der Waals surface area contributed by atoms with Crippen molar-refractivity contribution < 1.29 is 29.4 Å². The predicted octanol–water partition coefficient (Wildman–Crippen LogP) is 4.15. The van der Waals surface area contributed by atoms with Crippen LogP contribution in [0.15, 0.2) is 59.1 Å². The van der Waals surface area contributed by atoms with Crippen molar-refractivity contribution in [1.29, 1.82) is 0 Å². The number of benzene rings is 2. The molecule has 2 amide bonds. The van der Waals surface area contributed by atoms with E-state index in [1.165, 1.54) is 24.7 Å². The van der Waals surface area contributed by atoms with E-state index in [4.69, 9.17) is 14.7 Å². The average molecular weight is 465 g/mol. The maximum Gasteiger partial charge on any atom is 0.412 e. The van der Waals surface area contributed by atoms with Gasteiger partial charge in [0.25, 0.3) is 5.91 Å². The molecule has 0 radical (unpaired) electrons. The SMILES string of the molecule is COc1ccc([C@H](OC(=O)Nc2ccc(Br)cc2)[C@H](C)/C=C/C(=O)NO)cc1O. The number of carbonyl (C=O) groups is 2. The number of rotatable bonds is 7. The Labute approximate surface area is 176 Å². The lowest BCUT2D eigenvalue weighted by atomic mass is 9.96. The molecule has 2 aromatic carbocycles. The summed E-state index contributed by atoms with van der Waals surface area (Å²) < 4.78 is 11.5. The first kappa shape index (κ1) is 22.3. The van der Waals surface area contributed by atoms with Crippen LogP contribution in [0.25, 0.3) is 0 Å². The van der Waals surface area contributed by atoms with Crippen molar-refractivity contribution in [2.75, 3.05) is 12.4 Å². The number of hydrogen-bond acceptors (Lipinski definition) is 6. The van der Waals surface area contributed by atoms with E-state index in [0.717, 1.165) is 10.5 Å². The molecular weight excluding hydrogens is 444 g/mol. The number of carbonyl (C=O) groups excluding carboxylic acids is 2. The van der Waals surface area contributed by atoms with Crippen molar-refractivity contribution >= 4 is 33.6 Å². The lowest BCUT2D eigenvalue weighted by molar-refractivity contribution is -0.124. The lowest BCUT2D eigenvalue weighted by Gasteiger charge is -2.23. The number of amides is 2. The summed E-state index contributed by atoms with van der Waals surface area (Å²) in [5, 5.41) is 21.3. The molecule has 0 aliphatic heterocycles. The van der Waals surface area contributed by atoms with E-state index < -0.39 is 24.0 Å². The van der Waals surface area contributed by atoms with Crippen LogP contribution in [0.4, 0.5) is 10.5 Å². The standard InChI is InChI=1S/C20H21BrN2O6/c1-12(3-10-18(25)23-27)19(13-4-9-17(28-2)16(24)11-13)29-20(26)22-15-7-5-14(21)6-8-15/h3-12,19,24,27H,1-2H3,(H,22,26)(H,23,25)/b10-3+/t12-,19-/m1/s1. The molecule has 0 fully saturated rings. The highest BCUT2D eigenvalue weighted by Crippen LogP contribution is 2.34. The molecule has 9 heteroatoms. The summed E-state index contributed by atoms with van der Waals surface area (Å²) in [7, 11) is 1.42. The third-order valence-electron chi connectivity index (χ3n) is 3.99. The minimum Gasteiger partial charge on any atom is -0.504 e. The van der Waals surface area contributed by atoms with Crippen molar-refractivity contribution in [2.45, 2.75) is 13.0 Å². The van der Waals surface area contributed by atoms with E-state index in [9.17, 15) is 14.7 Å². The van der Waals surface area contributed by atoms with Gasteiger partial charge in [0, 0.05) is 22.2 Å². The monoisotopic (exact) mass is 464 g/mol. The van der Waals surface area contributed by atoms with E-state index in [-0.39, 0.29) is 11.5 Å². The van der Waals surface area contributed by atoms with Gasteiger partial charge in [-0.1, -0.05) is 35.0 Å². The Morgan fingerprint density at radius 1 is 1.17 bits per heavy atom. The van der Waals surface area contributed by atoms with Gasteiger partial charge in [0.15, 0.2) is 11.5 Å². The van der Waals surface area contributed by atoms with Crippen LogP contribution in [0.2, 0.25) is 0 Å². The number of anilines is 1. The fourth-order valence-corrected chi connectivity index (χ4v) is 2.80. The second kappa shape index (κ2) is 10.5. The van der Waals surface area contributed by atoms with Gasteiger partial charge >= 0.3 is 6.09 Å². The van der Waals surface area contributed by atoms with E-state index in [1.807, 2.05) is 0 Å². The van der Waals surface area contributed by atoms with Gasteiger partial charge in [0.05, 0.1) is 7.11 Å². The molecule has 0 spiro atoms. The van der Waals surface area contributed by atoms with Crippen LogP contribution >= 0.6 is 15.9 Å². The maximum atomic E-state index is 12.4. The van der Waals surface area contributed by atoms with Crippen molar-refractivity contribution in [3.8, 4) is 11.5 Å². The van der Waals surface area contributed by atoms with Crippen LogP contribution in [0.3, 0.4) is 0 Å². The summed E-state index contributed by atoms with van der Waals surface area (Å²) >= 11 is 3.32. The van der Waals surface area contributed by atoms with Gasteiger partial charge in [-0.25, -0.2) is 10.3 Å².